The van der Waals surface area contributed by atoms with Crippen LogP contribution in [0.1, 0.15) is 41.4 Å². The number of likely N-dealkylation sites (tertiary alicyclic amines) is 1. The van der Waals surface area contributed by atoms with Crippen LogP contribution in [0.2, 0.25) is 5.02 Å². The van der Waals surface area contributed by atoms with E-state index < -0.39 is 11.9 Å². The maximum atomic E-state index is 13.3. The standard InChI is InChI=1S/C19H21ClF3N5O2.ClH/c1-27-18(19(21,22)23)14(25-26-27)10-30-15-5-4-12(20)11-6-7-24-13(17(11)15)9-28-8-2-3-16(28)29;/h4-5,13,24H,2-3,6-10H2,1H3;1H. The van der Waals surface area contributed by atoms with Crippen molar-refractivity contribution in [2.45, 2.75) is 38.1 Å². The molecule has 0 radical (unpaired) electrons. The monoisotopic (exact) mass is 479 g/mol. The maximum Gasteiger partial charge on any atom is 0.435 e. The molecule has 1 aromatic carbocycles. The molecule has 3 heterocycles. The van der Waals surface area contributed by atoms with Crippen LogP contribution in [0.3, 0.4) is 0 Å². The molecular weight excluding hydrogens is 458 g/mol. The second-order valence-electron chi connectivity index (χ2n) is 7.43. The number of fused-ring (bicyclic) bond motifs is 1. The van der Waals surface area contributed by atoms with Crippen LogP contribution in [0, 0.1) is 0 Å². The third-order valence-corrected chi connectivity index (χ3v) is 5.83. The van der Waals surface area contributed by atoms with Crippen LogP contribution in [-0.2, 0) is 31.0 Å². The number of hydrogen-bond donors (Lipinski definition) is 1. The molecule has 1 aromatic heterocycles. The van der Waals surface area contributed by atoms with Gasteiger partial charge < -0.3 is 15.0 Å². The molecule has 170 valence electrons. The van der Waals surface area contributed by atoms with E-state index in [0.29, 0.717) is 47.9 Å². The summed E-state index contributed by atoms with van der Waals surface area (Å²) in [5.41, 5.74) is 0.442. The molecule has 4 rings (SSSR count). The number of aryl methyl sites for hydroxylation is 1. The maximum absolute atomic E-state index is 13.3. The molecule has 0 bridgehead atoms. The van der Waals surface area contributed by atoms with E-state index in [9.17, 15) is 18.0 Å². The van der Waals surface area contributed by atoms with Crippen molar-refractivity contribution in [2.75, 3.05) is 19.6 Å². The first-order valence-electron chi connectivity index (χ1n) is 9.66. The molecule has 1 N–H and O–H groups in total. The van der Waals surface area contributed by atoms with Gasteiger partial charge in [0.1, 0.15) is 18.1 Å². The Labute approximate surface area is 188 Å². The van der Waals surface area contributed by atoms with Gasteiger partial charge in [0, 0.05) is 37.1 Å². The molecule has 7 nitrogen and oxygen atoms in total. The number of ether oxygens (including phenoxy) is 1. The minimum absolute atomic E-state index is 0. The largest absolute Gasteiger partial charge is 0.487 e. The van der Waals surface area contributed by atoms with Crippen molar-refractivity contribution in [1.29, 1.82) is 0 Å². The lowest BCUT2D eigenvalue weighted by molar-refractivity contribution is -0.144. The first-order chi connectivity index (χ1) is 14.3. The van der Waals surface area contributed by atoms with Gasteiger partial charge in [-0.15, -0.1) is 17.5 Å². The highest BCUT2D eigenvalue weighted by Gasteiger charge is 2.39. The molecule has 0 saturated carbocycles. The minimum atomic E-state index is -4.59. The van der Waals surface area contributed by atoms with Crippen LogP contribution in [-0.4, -0.2) is 45.4 Å². The van der Waals surface area contributed by atoms with Crippen LogP contribution in [0.15, 0.2) is 12.1 Å². The lowest BCUT2D eigenvalue weighted by atomic mass is 9.92. The summed E-state index contributed by atoms with van der Waals surface area (Å²) in [5.74, 6) is 0.528. The Bertz CT molecular complexity index is 967. The molecule has 2 aromatic rings. The zero-order chi connectivity index (χ0) is 21.5. The predicted molar refractivity (Wildman–Crippen MR) is 109 cm³/mol. The summed E-state index contributed by atoms with van der Waals surface area (Å²) in [4.78, 5) is 13.9. The smallest absolute Gasteiger partial charge is 0.435 e. The molecule has 0 aliphatic carbocycles. The van der Waals surface area contributed by atoms with Crippen LogP contribution >= 0.6 is 24.0 Å². The fourth-order valence-electron chi connectivity index (χ4n) is 4.12. The topological polar surface area (TPSA) is 72.3 Å². The van der Waals surface area contributed by atoms with Crippen molar-refractivity contribution in [3.63, 3.8) is 0 Å². The van der Waals surface area contributed by atoms with Gasteiger partial charge >= 0.3 is 6.18 Å². The lowest BCUT2D eigenvalue weighted by Crippen LogP contribution is -2.39. The number of hydrogen-bond acceptors (Lipinski definition) is 5. The van der Waals surface area contributed by atoms with E-state index in [0.717, 1.165) is 17.5 Å². The number of benzene rings is 1. The quantitative estimate of drug-likeness (QED) is 0.712. The van der Waals surface area contributed by atoms with E-state index in [2.05, 4.69) is 15.6 Å². The van der Waals surface area contributed by atoms with Crippen molar-refractivity contribution in [2.24, 2.45) is 7.05 Å². The third kappa shape index (κ3) is 4.75. The Kier molecular flexibility index (Phi) is 7.02. The van der Waals surface area contributed by atoms with Crippen molar-refractivity contribution >= 4 is 29.9 Å². The Morgan fingerprint density at radius 2 is 2.10 bits per heavy atom. The van der Waals surface area contributed by atoms with Gasteiger partial charge in [0.15, 0.2) is 5.69 Å². The first kappa shape index (κ1) is 23.6. The zero-order valence-corrected chi connectivity index (χ0v) is 18.3. The van der Waals surface area contributed by atoms with E-state index in [1.54, 1.807) is 17.0 Å². The number of nitrogens with zero attached hydrogens (tertiary/aromatic N) is 4. The van der Waals surface area contributed by atoms with Crippen LogP contribution in [0.5, 0.6) is 5.75 Å². The van der Waals surface area contributed by atoms with E-state index in [-0.39, 0.29) is 36.7 Å². The zero-order valence-electron chi connectivity index (χ0n) is 16.7. The van der Waals surface area contributed by atoms with E-state index >= 15 is 0 Å². The van der Waals surface area contributed by atoms with E-state index in [1.807, 2.05) is 0 Å². The average molecular weight is 480 g/mol. The van der Waals surface area contributed by atoms with Gasteiger partial charge in [-0.3, -0.25) is 4.79 Å². The number of carbonyl (C=O) groups excluding carboxylic acids is 1. The van der Waals surface area contributed by atoms with E-state index in [4.69, 9.17) is 16.3 Å². The Morgan fingerprint density at radius 1 is 1.32 bits per heavy atom. The summed E-state index contributed by atoms with van der Waals surface area (Å²) >= 11 is 6.39. The van der Waals surface area contributed by atoms with Gasteiger partial charge in [0.2, 0.25) is 5.91 Å². The summed E-state index contributed by atoms with van der Waals surface area (Å²) in [6.07, 6.45) is -2.57. The first-order valence-corrected chi connectivity index (χ1v) is 10.0. The highest BCUT2D eigenvalue weighted by molar-refractivity contribution is 6.31. The second-order valence-corrected chi connectivity index (χ2v) is 7.84. The number of carbonyl (C=O) groups is 1. The van der Waals surface area contributed by atoms with Crippen LogP contribution < -0.4 is 10.1 Å². The number of halogens is 5. The van der Waals surface area contributed by atoms with Gasteiger partial charge in [-0.25, -0.2) is 4.68 Å². The highest BCUT2D eigenvalue weighted by atomic mass is 35.5. The van der Waals surface area contributed by atoms with Crippen molar-refractivity contribution in [3.8, 4) is 5.75 Å². The van der Waals surface area contributed by atoms with Gasteiger partial charge in [0.25, 0.3) is 0 Å². The van der Waals surface area contributed by atoms with Gasteiger partial charge in [0.05, 0.1) is 6.04 Å². The Hall–Kier alpha value is -2.04. The Morgan fingerprint density at radius 3 is 2.77 bits per heavy atom. The van der Waals surface area contributed by atoms with Crippen molar-refractivity contribution in [3.05, 3.63) is 39.7 Å². The molecule has 2 aliphatic heterocycles. The fraction of sp³-hybridized carbons (Fsp3) is 0.526. The molecule has 1 saturated heterocycles. The minimum Gasteiger partial charge on any atom is -0.487 e. The third-order valence-electron chi connectivity index (χ3n) is 5.48. The number of alkyl halides is 3. The molecule has 31 heavy (non-hydrogen) atoms. The number of amides is 1. The van der Waals surface area contributed by atoms with E-state index in [1.165, 1.54) is 7.05 Å². The van der Waals surface area contributed by atoms with Crippen molar-refractivity contribution in [1.82, 2.24) is 25.2 Å². The van der Waals surface area contributed by atoms with Crippen LogP contribution in [0.4, 0.5) is 13.2 Å². The van der Waals surface area contributed by atoms with Gasteiger partial charge in [-0.2, -0.15) is 13.2 Å². The molecule has 0 spiro atoms. The molecule has 2 aliphatic rings. The Balaban J connectivity index is 0.00000272. The predicted octanol–water partition coefficient (Wildman–Crippen LogP) is 3.30. The van der Waals surface area contributed by atoms with Gasteiger partial charge in [-0.05, 0) is 37.1 Å². The summed E-state index contributed by atoms with van der Waals surface area (Å²) in [6, 6.07) is 3.12. The normalized spacial score (nSPS) is 18.7. The van der Waals surface area contributed by atoms with Gasteiger partial charge in [-0.1, -0.05) is 16.8 Å². The summed E-state index contributed by atoms with van der Waals surface area (Å²) in [5, 5.41) is 11.0. The number of nitrogens with one attached hydrogen (secondary N) is 1. The molecule has 1 unspecified atom stereocenters. The molecular formula is C19H22Cl2F3N5O2. The second kappa shape index (κ2) is 9.22. The average Bonchev–Trinajstić information content (AvgIpc) is 3.27. The molecule has 1 atom stereocenters. The molecule has 1 fully saturated rings. The summed E-state index contributed by atoms with van der Waals surface area (Å²) in [6.45, 7) is 1.45. The summed E-state index contributed by atoms with van der Waals surface area (Å²) < 4.78 is 46.4. The summed E-state index contributed by atoms with van der Waals surface area (Å²) in [7, 11) is 1.19. The van der Waals surface area contributed by atoms with Crippen LogP contribution in [0.25, 0.3) is 0 Å². The molecule has 12 heteroatoms. The number of rotatable bonds is 5. The highest BCUT2D eigenvalue weighted by Crippen LogP contribution is 2.38. The fourth-order valence-corrected chi connectivity index (χ4v) is 4.37. The SMILES string of the molecule is Cl.Cn1nnc(COc2ccc(Cl)c3c2C(CN2CCCC2=O)NCC3)c1C(F)(F)F. The molecule has 1 amide bonds. The van der Waals surface area contributed by atoms with Crippen molar-refractivity contribution < 1.29 is 22.7 Å². The number of aromatic nitrogens is 3. The lowest BCUT2D eigenvalue weighted by Gasteiger charge is -2.32.